The summed E-state index contributed by atoms with van der Waals surface area (Å²) in [5, 5.41) is 2.69. The van der Waals surface area contributed by atoms with Gasteiger partial charge in [0.25, 0.3) is 0 Å². The Bertz CT molecular complexity index is 256. The van der Waals surface area contributed by atoms with Crippen LogP contribution in [-0.2, 0) is 4.74 Å². The Hall–Kier alpha value is -1.51. The number of ether oxygens (including phenoxy) is 1. The lowest BCUT2D eigenvalue weighted by atomic mass is 10.1. The van der Waals surface area contributed by atoms with Crippen molar-refractivity contribution in [2.24, 2.45) is 0 Å². The quantitative estimate of drug-likeness (QED) is 0.668. The maximum absolute atomic E-state index is 10.7. The number of hydrogen-bond donors (Lipinski definition) is 1. The van der Waals surface area contributed by atoms with E-state index in [-0.39, 0.29) is 12.1 Å². The van der Waals surface area contributed by atoms with Crippen LogP contribution < -0.4 is 5.32 Å². The maximum Gasteiger partial charge on any atom is 0.407 e. The Labute approximate surface area is 77.8 Å². The van der Waals surface area contributed by atoms with Crippen molar-refractivity contribution in [2.45, 2.75) is 12.5 Å². The van der Waals surface area contributed by atoms with Crippen molar-refractivity contribution in [3.05, 3.63) is 37.0 Å². The van der Waals surface area contributed by atoms with Crippen molar-refractivity contribution in [1.82, 2.24) is 5.32 Å². The Balaban J connectivity index is 2.47. The molecule has 0 saturated carbocycles. The van der Waals surface area contributed by atoms with Crippen LogP contribution in [0.4, 0.5) is 4.79 Å². The molecule has 0 aromatic rings. The van der Waals surface area contributed by atoms with Crippen molar-refractivity contribution in [1.29, 1.82) is 0 Å². The van der Waals surface area contributed by atoms with Gasteiger partial charge >= 0.3 is 6.09 Å². The van der Waals surface area contributed by atoms with Crippen LogP contribution in [0.5, 0.6) is 0 Å². The number of cyclic esters (lactones) is 1. The first-order valence-electron chi connectivity index (χ1n) is 4.13. The number of alkyl carbamates (subject to hydrolysis) is 1. The minimum atomic E-state index is -0.341. The third-order valence-corrected chi connectivity index (χ3v) is 1.81. The summed E-state index contributed by atoms with van der Waals surface area (Å²) in [6.45, 7) is 7.70. The highest BCUT2D eigenvalue weighted by Gasteiger charge is 2.21. The summed E-state index contributed by atoms with van der Waals surface area (Å²) in [6.07, 6.45) is 5.73. The summed E-state index contributed by atoms with van der Waals surface area (Å²) in [5.41, 5.74) is 1.05. The van der Waals surface area contributed by atoms with Crippen LogP contribution in [0.3, 0.4) is 0 Å². The van der Waals surface area contributed by atoms with Crippen LogP contribution in [0.1, 0.15) is 6.42 Å². The van der Waals surface area contributed by atoms with E-state index in [1.54, 1.807) is 12.2 Å². The first-order valence-corrected chi connectivity index (χ1v) is 4.13. The molecule has 1 rings (SSSR count). The summed E-state index contributed by atoms with van der Waals surface area (Å²) in [4.78, 5) is 10.7. The van der Waals surface area contributed by atoms with Crippen LogP contribution >= 0.6 is 0 Å². The van der Waals surface area contributed by atoms with Crippen LogP contribution in [-0.4, -0.2) is 18.7 Å². The molecule has 1 atom stereocenters. The van der Waals surface area contributed by atoms with Gasteiger partial charge in [-0.25, -0.2) is 4.79 Å². The molecule has 1 saturated heterocycles. The van der Waals surface area contributed by atoms with Crippen molar-refractivity contribution < 1.29 is 9.53 Å². The van der Waals surface area contributed by atoms with E-state index in [4.69, 9.17) is 4.74 Å². The van der Waals surface area contributed by atoms with Crippen LogP contribution in [0.25, 0.3) is 0 Å². The standard InChI is InChI=1S/C10H13NO2/c1-3-5-8(4-2)6-9-7-13-10(12)11-9/h3-5,9H,1-2,6-7H2,(H,11,12)/b8-5+/t9-/m1/s1. The van der Waals surface area contributed by atoms with Crippen LogP contribution in [0.2, 0.25) is 0 Å². The maximum atomic E-state index is 10.7. The van der Waals surface area contributed by atoms with Gasteiger partial charge in [0.15, 0.2) is 0 Å². The Morgan fingerprint density at radius 3 is 2.92 bits per heavy atom. The highest BCUT2D eigenvalue weighted by Crippen LogP contribution is 2.10. The van der Waals surface area contributed by atoms with Gasteiger partial charge in [-0.05, 0) is 12.0 Å². The van der Waals surface area contributed by atoms with Crippen LogP contribution in [0, 0.1) is 0 Å². The predicted octanol–water partition coefficient (Wildman–Crippen LogP) is 1.78. The molecule has 0 aromatic carbocycles. The number of amides is 1. The molecule has 70 valence electrons. The SMILES string of the molecule is C=C/C=C(\C=C)C[C@@H]1COC(=O)N1. The zero-order valence-electron chi connectivity index (χ0n) is 7.45. The van der Waals surface area contributed by atoms with Crippen LogP contribution in [0.15, 0.2) is 37.0 Å². The number of carbonyl (C=O) groups excluding carboxylic acids is 1. The number of rotatable bonds is 4. The molecule has 1 N–H and O–H groups in total. The fraction of sp³-hybridized carbons (Fsp3) is 0.300. The summed E-state index contributed by atoms with van der Waals surface area (Å²) in [7, 11) is 0. The molecule has 0 aliphatic carbocycles. The number of nitrogens with one attached hydrogen (secondary N) is 1. The lowest BCUT2D eigenvalue weighted by Gasteiger charge is -2.06. The highest BCUT2D eigenvalue weighted by molar-refractivity contribution is 5.69. The summed E-state index contributed by atoms with van der Waals surface area (Å²) in [5.74, 6) is 0. The van der Waals surface area contributed by atoms with Gasteiger partial charge in [0.1, 0.15) is 6.61 Å². The van der Waals surface area contributed by atoms with E-state index < -0.39 is 0 Å². The summed E-state index contributed by atoms with van der Waals surface area (Å²) < 4.78 is 4.75. The molecule has 0 bridgehead atoms. The average Bonchev–Trinajstić information content (AvgIpc) is 2.50. The minimum Gasteiger partial charge on any atom is -0.447 e. The topological polar surface area (TPSA) is 38.3 Å². The molecule has 13 heavy (non-hydrogen) atoms. The molecule has 1 amide bonds. The molecule has 3 heteroatoms. The van der Waals surface area contributed by atoms with E-state index in [9.17, 15) is 4.79 Å². The largest absolute Gasteiger partial charge is 0.447 e. The van der Waals surface area contributed by atoms with E-state index in [2.05, 4.69) is 18.5 Å². The molecule has 1 heterocycles. The number of allylic oxidation sites excluding steroid dienone is 3. The fourth-order valence-electron chi connectivity index (χ4n) is 1.19. The third-order valence-electron chi connectivity index (χ3n) is 1.81. The fourth-order valence-corrected chi connectivity index (χ4v) is 1.19. The van der Waals surface area contributed by atoms with Gasteiger partial charge in [0, 0.05) is 0 Å². The van der Waals surface area contributed by atoms with Crippen molar-refractivity contribution in [3.8, 4) is 0 Å². The second-order valence-electron chi connectivity index (χ2n) is 2.83. The first-order chi connectivity index (χ1) is 6.26. The molecule has 0 radical (unpaired) electrons. The number of carbonyl (C=O) groups is 1. The van der Waals surface area contributed by atoms with E-state index in [1.165, 1.54) is 0 Å². The Kier molecular flexibility index (Phi) is 3.31. The third kappa shape index (κ3) is 2.78. The monoisotopic (exact) mass is 179 g/mol. The molecule has 3 nitrogen and oxygen atoms in total. The van der Waals surface area contributed by atoms with Gasteiger partial charge in [-0.2, -0.15) is 0 Å². The van der Waals surface area contributed by atoms with E-state index in [0.717, 1.165) is 12.0 Å². The molecule has 1 fully saturated rings. The average molecular weight is 179 g/mol. The Morgan fingerprint density at radius 2 is 2.46 bits per heavy atom. The second-order valence-corrected chi connectivity index (χ2v) is 2.83. The van der Waals surface area contributed by atoms with Gasteiger partial charge in [-0.3, -0.25) is 0 Å². The zero-order valence-corrected chi connectivity index (χ0v) is 7.45. The van der Waals surface area contributed by atoms with Crippen molar-refractivity contribution in [2.75, 3.05) is 6.61 Å². The molecule has 1 aliphatic heterocycles. The van der Waals surface area contributed by atoms with E-state index >= 15 is 0 Å². The van der Waals surface area contributed by atoms with Crippen molar-refractivity contribution >= 4 is 6.09 Å². The normalized spacial score (nSPS) is 22.0. The smallest absolute Gasteiger partial charge is 0.407 e. The van der Waals surface area contributed by atoms with Crippen molar-refractivity contribution in [3.63, 3.8) is 0 Å². The first kappa shape index (κ1) is 9.58. The van der Waals surface area contributed by atoms with E-state index in [1.807, 2.05) is 6.08 Å². The second kappa shape index (κ2) is 4.50. The van der Waals surface area contributed by atoms with Gasteiger partial charge in [-0.1, -0.05) is 31.4 Å². The van der Waals surface area contributed by atoms with Gasteiger partial charge < -0.3 is 10.1 Å². The molecule has 0 aromatic heterocycles. The lowest BCUT2D eigenvalue weighted by Crippen LogP contribution is -2.26. The van der Waals surface area contributed by atoms with Gasteiger partial charge in [0.2, 0.25) is 0 Å². The molecular formula is C10H13NO2. The lowest BCUT2D eigenvalue weighted by molar-refractivity contribution is 0.177. The highest BCUT2D eigenvalue weighted by atomic mass is 16.6. The number of hydrogen-bond acceptors (Lipinski definition) is 2. The Morgan fingerprint density at radius 1 is 1.69 bits per heavy atom. The predicted molar refractivity (Wildman–Crippen MR) is 51.4 cm³/mol. The van der Waals surface area contributed by atoms with Gasteiger partial charge in [0.05, 0.1) is 6.04 Å². The summed E-state index contributed by atoms with van der Waals surface area (Å²) >= 11 is 0. The zero-order chi connectivity index (χ0) is 9.68. The summed E-state index contributed by atoms with van der Waals surface area (Å²) in [6, 6.07) is 0.0664. The molecular weight excluding hydrogens is 166 g/mol. The minimum absolute atomic E-state index is 0.0664. The molecule has 0 unspecified atom stereocenters. The molecule has 0 spiro atoms. The van der Waals surface area contributed by atoms with Gasteiger partial charge in [-0.15, -0.1) is 0 Å². The molecule has 1 aliphatic rings. The van der Waals surface area contributed by atoms with E-state index in [0.29, 0.717) is 6.61 Å².